The minimum absolute atomic E-state index is 0.105. The molecule has 0 bridgehead atoms. The fourth-order valence-electron chi connectivity index (χ4n) is 3.75. The van der Waals surface area contributed by atoms with Crippen molar-refractivity contribution in [1.29, 1.82) is 5.26 Å². The Hall–Kier alpha value is -3.61. The average molecular weight is 561 g/mol. The second-order valence-electron chi connectivity index (χ2n) is 7.75. The number of anilines is 1. The third-order valence-corrected chi connectivity index (χ3v) is 8.38. The van der Waals surface area contributed by atoms with E-state index in [9.17, 15) is 24.3 Å². The van der Waals surface area contributed by atoms with Crippen molar-refractivity contribution in [1.82, 2.24) is 15.2 Å². The van der Waals surface area contributed by atoms with Crippen LogP contribution in [0.2, 0.25) is 0 Å². The van der Waals surface area contributed by atoms with Gasteiger partial charge in [0.1, 0.15) is 28.9 Å². The van der Waals surface area contributed by atoms with E-state index >= 15 is 0 Å². The molecular formula is C22H20N6O6S3. The van der Waals surface area contributed by atoms with Crippen molar-refractivity contribution >= 4 is 69.9 Å². The first-order chi connectivity index (χ1) is 17.9. The van der Waals surface area contributed by atoms with E-state index in [1.807, 2.05) is 18.2 Å². The highest BCUT2D eigenvalue weighted by atomic mass is 32.2. The van der Waals surface area contributed by atoms with Crippen LogP contribution in [0.5, 0.6) is 0 Å². The Balaban J connectivity index is 1.50. The van der Waals surface area contributed by atoms with Gasteiger partial charge in [0.25, 0.3) is 11.8 Å². The predicted molar refractivity (Wildman–Crippen MR) is 138 cm³/mol. The van der Waals surface area contributed by atoms with Crippen molar-refractivity contribution in [2.45, 2.75) is 30.4 Å². The van der Waals surface area contributed by atoms with Crippen LogP contribution in [0.15, 0.2) is 45.4 Å². The van der Waals surface area contributed by atoms with E-state index in [2.05, 4.69) is 20.8 Å². The van der Waals surface area contributed by atoms with Gasteiger partial charge in [-0.2, -0.15) is 5.26 Å². The molecular weight excluding hydrogens is 540 g/mol. The molecule has 3 N–H and O–H groups in total. The zero-order chi connectivity index (χ0) is 26.4. The van der Waals surface area contributed by atoms with E-state index < -0.39 is 29.2 Å². The van der Waals surface area contributed by atoms with Crippen molar-refractivity contribution in [3.05, 3.63) is 46.0 Å². The Kier molecular flexibility index (Phi) is 8.64. The molecule has 0 spiro atoms. The number of β-lactam (4-membered cyclic amide) rings is 1. The summed E-state index contributed by atoms with van der Waals surface area (Å²) in [5.41, 5.74) is 0.436. The third-order valence-electron chi connectivity index (χ3n) is 5.43. The van der Waals surface area contributed by atoms with Crippen LogP contribution in [0, 0.1) is 11.3 Å². The number of fused-ring (bicyclic) bond motifs is 1. The smallest absolute Gasteiger partial charge is 0.352 e. The summed E-state index contributed by atoms with van der Waals surface area (Å²) in [5, 5.41) is 30.2. The number of carboxylic acids is 1. The number of carbonyl (C=O) groups excluding carboxylic acids is 3. The number of rotatable bonds is 11. The van der Waals surface area contributed by atoms with E-state index in [0.717, 1.165) is 17.8 Å². The number of aliphatic carboxylic acids is 1. The van der Waals surface area contributed by atoms with Crippen LogP contribution in [0.25, 0.3) is 0 Å². The molecule has 192 valence electrons. The first kappa shape index (κ1) is 26.5. The number of oxime groups is 1. The van der Waals surface area contributed by atoms with E-state index in [4.69, 9.17) is 10.1 Å². The normalized spacial score (nSPS) is 22.9. The molecule has 3 atom stereocenters. The highest BCUT2D eigenvalue weighted by molar-refractivity contribution is 8.02. The summed E-state index contributed by atoms with van der Waals surface area (Å²) in [4.78, 5) is 59.8. The molecule has 0 aromatic carbocycles. The summed E-state index contributed by atoms with van der Waals surface area (Å²) in [6.07, 6.45) is 6.75. The minimum Gasteiger partial charge on any atom is -0.477 e. The molecule has 12 nitrogen and oxygen atoms in total. The van der Waals surface area contributed by atoms with Gasteiger partial charge in [0, 0.05) is 23.0 Å². The van der Waals surface area contributed by atoms with Crippen LogP contribution in [-0.4, -0.2) is 73.9 Å². The van der Waals surface area contributed by atoms with Gasteiger partial charge in [-0.25, -0.2) is 9.78 Å². The van der Waals surface area contributed by atoms with Gasteiger partial charge in [-0.1, -0.05) is 11.2 Å². The number of nitriles is 1. The van der Waals surface area contributed by atoms with Crippen molar-refractivity contribution in [3.8, 4) is 6.07 Å². The minimum atomic E-state index is -1.23. The number of thiazole rings is 1. The number of carbonyl (C=O) groups is 4. The lowest BCUT2D eigenvalue weighted by atomic mass is 10.0. The van der Waals surface area contributed by atoms with E-state index in [1.54, 1.807) is 5.41 Å². The standard InChI is InChI=1S/C22H20N6O6S3/c23-6-3-7-35-8-12-9-36-20-16(19(31)28(20)17(12)21(32)33)26-18(30)15(27-34-13-4-1-2-5-13)14-10-37-22(25-14)24-11-29/h1,3-4,7,10-11,13,16,20H,2,5,8-9H2,(H,26,30)(H,32,33)(H,24,25,29)/b7-3-,27-15?/t13?,16?,20-/m1/s1. The molecule has 37 heavy (non-hydrogen) atoms. The molecule has 2 aliphatic heterocycles. The summed E-state index contributed by atoms with van der Waals surface area (Å²) in [7, 11) is 0. The molecule has 1 aromatic rings. The Bertz CT molecular complexity index is 1270. The van der Waals surface area contributed by atoms with E-state index in [0.29, 0.717) is 29.9 Å². The Morgan fingerprint density at radius 1 is 1.46 bits per heavy atom. The van der Waals surface area contributed by atoms with Crippen molar-refractivity contribution in [3.63, 3.8) is 0 Å². The average Bonchev–Trinajstić information content (AvgIpc) is 3.57. The largest absolute Gasteiger partial charge is 0.477 e. The lowest BCUT2D eigenvalue weighted by molar-refractivity contribution is -0.150. The molecule has 0 radical (unpaired) electrons. The SMILES string of the molecule is N#C/C=C\SCC1=C(C(=O)O)N2C(=O)C(NC(=O)C(=NOC3C=CCC3)c3csc(NC=O)n3)[C@H]2SC1. The summed E-state index contributed by atoms with van der Waals surface area (Å²) in [6.45, 7) is 0. The number of thioether (sulfide) groups is 2. The first-order valence-corrected chi connectivity index (χ1v) is 13.9. The lowest BCUT2D eigenvalue weighted by Gasteiger charge is -2.49. The molecule has 3 aliphatic rings. The van der Waals surface area contributed by atoms with Crippen molar-refractivity contribution < 1.29 is 29.1 Å². The molecule has 0 saturated carbocycles. The van der Waals surface area contributed by atoms with Gasteiger partial charge in [0.2, 0.25) is 6.41 Å². The van der Waals surface area contributed by atoms with Crippen LogP contribution in [0.3, 0.4) is 0 Å². The highest BCUT2D eigenvalue weighted by Crippen LogP contribution is 2.41. The first-order valence-electron chi connectivity index (χ1n) is 10.9. The molecule has 1 aliphatic carbocycles. The van der Waals surface area contributed by atoms with Crippen molar-refractivity contribution in [2.24, 2.45) is 5.16 Å². The second kappa shape index (κ2) is 12.1. The molecule has 15 heteroatoms. The van der Waals surface area contributed by atoms with E-state index in [1.165, 1.54) is 39.9 Å². The highest BCUT2D eigenvalue weighted by Gasteiger charge is 2.54. The topological polar surface area (TPSA) is 174 Å². The van der Waals surface area contributed by atoms with E-state index in [-0.39, 0.29) is 28.3 Å². The molecule has 1 saturated heterocycles. The number of nitrogens with zero attached hydrogens (tertiary/aromatic N) is 4. The quantitative estimate of drug-likeness (QED) is 0.0902. The Morgan fingerprint density at radius 3 is 3.00 bits per heavy atom. The second-order valence-corrected chi connectivity index (χ2v) is 10.6. The van der Waals surface area contributed by atoms with Gasteiger partial charge in [0.15, 0.2) is 10.8 Å². The Morgan fingerprint density at radius 2 is 2.30 bits per heavy atom. The molecule has 4 rings (SSSR count). The summed E-state index contributed by atoms with van der Waals surface area (Å²) in [5.74, 6) is -1.85. The van der Waals surface area contributed by atoms with Gasteiger partial charge < -0.3 is 20.6 Å². The zero-order valence-corrected chi connectivity index (χ0v) is 21.5. The fourth-order valence-corrected chi connectivity index (χ4v) is 6.57. The number of aromatic nitrogens is 1. The number of hydrogen-bond donors (Lipinski definition) is 3. The zero-order valence-electron chi connectivity index (χ0n) is 19.0. The molecule has 2 unspecified atom stereocenters. The molecule has 3 amide bonds. The van der Waals surface area contributed by atoms with Gasteiger partial charge in [-0.3, -0.25) is 19.3 Å². The predicted octanol–water partition coefficient (Wildman–Crippen LogP) is 1.66. The third kappa shape index (κ3) is 5.87. The number of allylic oxidation sites excluding steroid dienone is 2. The Labute approximate surface area is 223 Å². The number of hydrogen-bond acceptors (Lipinski definition) is 11. The maximum absolute atomic E-state index is 13.2. The van der Waals surface area contributed by atoms with Gasteiger partial charge in [0.05, 0.1) is 6.07 Å². The molecule has 1 aromatic heterocycles. The van der Waals surface area contributed by atoms with Crippen LogP contribution in [-0.2, 0) is 24.0 Å². The van der Waals surface area contributed by atoms with Gasteiger partial charge in [-0.15, -0.1) is 34.9 Å². The number of carboxylic acid groups (broad SMARTS) is 1. The molecule has 3 heterocycles. The van der Waals surface area contributed by atoms with Crippen LogP contribution < -0.4 is 10.6 Å². The van der Waals surface area contributed by atoms with Crippen molar-refractivity contribution in [2.75, 3.05) is 16.8 Å². The molecule has 1 fully saturated rings. The maximum atomic E-state index is 13.2. The summed E-state index contributed by atoms with van der Waals surface area (Å²) < 4.78 is 0. The number of amides is 3. The monoisotopic (exact) mass is 560 g/mol. The van der Waals surface area contributed by atoms with Crippen LogP contribution in [0.4, 0.5) is 5.13 Å². The van der Waals surface area contributed by atoms with Crippen LogP contribution in [0.1, 0.15) is 18.5 Å². The summed E-state index contributed by atoms with van der Waals surface area (Å²) in [6, 6.07) is 0.892. The van der Waals surface area contributed by atoms with Gasteiger partial charge in [-0.05, 0) is 29.9 Å². The fraction of sp³-hybridized carbons (Fsp3) is 0.318. The number of nitrogens with one attached hydrogen (secondary N) is 2. The summed E-state index contributed by atoms with van der Waals surface area (Å²) >= 11 is 3.68. The van der Waals surface area contributed by atoms with Crippen LogP contribution >= 0.6 is 34.9 Å². The maximum Gasteiger partial charge on any atom is 0.352 e. The van der Waals surface area contributed by atoms with Gasteiger partial charge >= 0.3 is 5.97 Å². The lowest BCUT2D eigenvalue weighted by Crippen LogP contribution is -2.71.